The van der Waals surface area contributed by atoms with E-state index in [1.54, 1.807) is 14.2 Å². The monoisotopic (exact) mass is 383 g/mol. The van der Waals surface area contributed by atoms with Gasteiger partial charge in [-0.25, -0.2) is 0 Å². The highest BCUT2D eigenvalue weighted by molar-refractivity contribution is 5.94. The number of rotatable bonds is 3. The largest absolute Gasteiger partial charge is 0.496 e. The summed E-state index contributed by atoms with van der Waals surface area (Å²) in [6, 6.07) is 15.8. The van der Waals surface area contributed by atoms with E-state index < -0.39 is 0 Å². The first kappa shape index (κ1) is 17.0. The number of anilines is 1. The zero-order valence-corrected chi connectivity index (χ0v) is 16.9. The number of nitrogens with one attached hydrogen (secondary N) is 1. The summed E-state index contributed by atoms with van der Waals surface area (Å²) in [5.74, 6) is 2.63. The van der Waals surface area contributed by atoms with Crippen LogP contribution in [0.15, 0.2) is 54.6 Å². The van der Waals surface area contributed by atoms with Crippen molar-refractivity contribution in [2.24, 2.45) is 5.92 Å². The molecular weight excluding hydrogens is 358 g/mol. The Morgan fingerprint density at radius 3 is 2.52 bits per heavy atom. The van der Waals surface area contributed by atoms with Gasteiger partial charge in [-0.15, -0.1) is 0 Å². The van der Waals surface area contributed by atoms with Crippen LogP contribution in [0.25, 0.3) is 10.8 Å². The second-order valence-corrected chi connectivity index (χ2v) is 8.39. The van der Waals surface area contributed by atoms with Crippen LogP contribution in [0.5, 0.6) is 11.5 Å². The van der Waals surface area contributed by atoms with Crippen LogP contribution in [-0.4, -0.2) is 14.2 Å². The molecular formula is C26H25NO2. The maximum atomic E-state index is 5.74. The number of hydrogen-bond donors (Lipinski definition) is 1. The van der Waals surface area contributed by atoms with Crippen LogP contribution < -0.4 is 14.8 Å². The summed E-state index contributed by atoms with van der Waals surface area (Å²) in [6.45, 7) is 0. The average Bonchev–Trinajstić information content (AvgIpc) is 3.41. The summed E-state index contributed by atoms with van der Waals surface area (Å²) in [5, 5.41) is 6.78. The van der Waals surface area contributed by atoms with Gasteiger partial charge in [-0.05, 0) is 64.8 Å². The molecule has 0 fully saturated rings. The van der Waals surface area contributed by atoms with Gasteiger partial charge < -0.3 is 14.8 Å². The van der Waals surface area contributed by atoms with E-state index in [-0.39, 0.29) is 6.04 Å². The smallest absolute Gasteiger partial charge is 0.142 e. The quantitative estimate of drug-likeness (QED) is 0.581. The van der Waals surface area contributed by atoms with Gasteiger partial charge in [0.1, 0.15) is 11.5 Å². The molecule has 1 heterocycles. The lowest BCUT2D eigenvalue weighted by Gasteiger charge is -2.39. The number of benzene rings is 3. The molecule has 0 spiro atoms. The Balaban J connectivity index is 1.56. The van der Waals surface area contributed by atoms with Gasteiger partial charge in [0, 0.05) is 11.5 Å². The summed E-state index contributed by atoms with van der Waals surface area (Å²) >= 11 is 0. The summed E-state index contributed by atoms with van der Waals surface area (Å²) in [5.41, 5.74) is 6.70. The Labute approximate surface area is 171 Å². The fourth-order valence-electron chi connectivity index (χ4n) is 5.85. The van der Waals surface area contributed by atoms with E-state index in [0.29, 0.717) is 11.8 Å². The van der Waals surface area contributed by atoms with Crippen LogP contribution in [0, 0.1) is 5.92 Å². The molecule has 0 bridgehead atoms. The number of methoxy groups -OCH3 is 2. The number of allylic oxidation sites excluding steroid dienone is 2. The van der Waals surface area contributed by atoms with Gasteiger partial charge in [0.25, 0.3) is 0 Å². The second-order valence-electron chi connectivity index (χ2n) is 8.39. The SMILES string of the molecule is COc1ccc(OC)c2c1N[C@@H](c1ccc3c4c(cccc14)CC3)[C@H]1CC=C[C@@H]21. The summed E-state index contributed by atoms with van der Waals surface area (Å²) in [6.07, 6.45) is 8.09. The van der Waals surface area contributed by atoms with Gasteiger partial charge >= 0.3 is 0 Å². The molecule has 0 saturated carbocycles. The number of ether oxygens (including phenoxy) is 2. The molecule has 3 aromatic rings. The minimum Gasteiger partial charge on any atom is -0.496 e. The molecule has 0 unspecified atom stereocenters. The standard InChI is InChI=1S/C26H25NO2/c1-28-21-13-14-22(29-2)26-24(21)18-7-4-8-19(18)25(27-26)20-12-11-16-10-9-15-5-3-6-17(20)23(15)16/h3-7,11-14,18-19,25,27H,8-10H2,1-2H3/t18-,19+,25-/m1/s1. The highest BCUT2D eigenvalue weighted by atomic mass is 16.5. The van der Waals surface area contributed by atoms with Crippen LogP contribution in [-0.2, 0) is 12.8 Å². The molecule has 1 aliphatic heterocycles. The second kappa shape index (κ2) is 6.28. The van der Waals surface area contributed by atoms with E-state index in [1.165, 1.54) is 33.0 Å². The Hall–Kier alpha value is -2.94. The zero-order chi connectivity index (χ0) is 19.5. The fourth-order valence-corrected chi connectivity index (χ4v) is 5.85. The maximum Gasteiger partial charge on any atom is 0.142 e. The van der Waals surface area contributed by atoms with Crippen LogP contribution in [0.2, 0.25) is 0 Å². The zero-order valence-electron chi connectivity index (χ0n) is 16.9. The Kier molecular flexibility index (Phi) is 3.67. The van der Waals surface area contributed by atoms with Crippen molar-refractivity contribution in [3.05, 3.63) is 76.9 Å². The van der Waals surface area contributed by atoms with Gasteiger partial charge in [0.05, 0.1) is 25.9 Å². The van der Waals surface area contributed by atoms with Crippen molar-refractivity contribution in [1.82, 2.24) is 0 Å². The molecule has 3 aromatic carbocycles. The van der Waals surface area contributed by atoms with Crippen LogP contribution in [0.3, 0.4) is 0 Å². The minimum atomic E-state index is 0.244. The summed E-state index contributed by atoms with van der Waals surface area (Å²) in [7, 11) is 3.50. The average molecular weight is 383 g/mol. The third-order valence-electron chi connectivity index (χ3n) is 7.13. The number of hydrogen-bond acceptors (Lipinski definition) is 3. The van der Waals surface area contributed by atoms with Crippen LogP contribution in [0.4, 0.5) is 5.69 Å². The van der Waals surface area contributed by atoms with Crippen molar-refractivity contribution in [2.45, 2.75) is 31.2 Å². The number of aryl methyl sites for hydroxylation is 2. The van der Waals surface area contributed by atoms with Crippen molar-refractivity contribution >= 4 is 16.5 Å². The van der Waals surface area contributed by atoms with Gasteiger partial charge in [0.2, 0.25) is 0 Å². The minimum absolute atomic E-state index is 0.244. The van der Waals surface area contributed by atoms with Crippen molar-refractivity contribution < 1.29 is 9.47 Å². The van der Waals surface area contributed by atoms with Crippen molar-refractivity contribution in [3.8, 4) is 11.5 Å². The molecule has 0 amide bonds. The van der Waals surface area contributed by atoms with Gasteiger partial charge in [-0.1, -0.05) is 42.5 Å². The highest BCUT2D eigenvalue weighted by Gasteiger charge is 2.41. The van der Waals surface area contributed by atoms with Crippen LogP contribution in [0.1, 0.15) is 40.6 Å². The molecule has 2 aliphatic carbocycles. The Morgan fingerprint density at radius 2 is 1.69 bits per heavy atom. The predicted octanol–water partition coefficient (Wildman–Crippen LogP) is 5.78. The molecule has 0 saturated heterocycles. The topological polar surface area (TPSA) is 30.5 Å². The highest BCUT2D eigenvalue weighted by Crippen LogP contribution is 2.56. The lowest BCUT2D eigenvalue weighted by molar-refractivity contribution is 0.371. The van der Waals surface area contributed by atoms with E-state index in [2.05, 4.69) is 47.8 Å². The predicted molar refractivity (Wildman–Crippen MR) is 117 cm³/mol. The first-order chi connectivity index (χ1) is 14.3. The molecule has 3 heteroatoms. The fraction of sp³-hybridized carbons (Fsp3) is 0.308. The first-order valence-corrected chi connectivity index (χ1v) is 10.5. The third-order valence-corrected chi connectivity index (χ3v) is 7.13. The normalized spacial score (nSPS) is 23.6. The first-order valence-electron chi connectivity index (χ1n) is 10.5. The third kappa shape index (κ3) is 2.30. The van der Waals surface area contributed by atoms with Crippen LogP contribution >= 0.6 is 0 Å². The van der Waals surface area contributed by atoms with E-state index in [0.717, 1.165) is 36.4 Å². The van der Waals surface area contributed by atoms with Crippen molar-refractivity contribution in [2.75, 3.05) is 19.5 Å². The molecule has 146 valence electrons. The molecule has 3 nitrogen and oxygen atoms in total. The molecule has 3 atom stereocenters. The summed E-state index contributed by atoms with van der Waals surface area (Å²) < 4.78 is 11.5. The van der Waals surface area contributed by atoms with Crippen molar-refractivity contribution in [1.29, 1.82) is 0 Å². The molecule has 1 N–H and O–H groups in total. The van der Waals surface area contributed by atoms with Gasteiger partial charge in [-0.2, -0.15) is 0 Å². The molecule has 3 aliphatic rings. The Bertz CT molecular complexity index is 1150. The molecule has 0 aromatic heterocycles. The van der Waals surface area contributed by atoms with E-state index in [9.17, 15) is 0 Å². The lowest BCUT2D eigenvalue weighted by Crippen LogP contribution is -2.30. The van der Waals surface area contributed by atoms with E-state index >= 15 is 0 Å². The maximum absolute atomic E-state index is 5.74. The Morgan fingerprint density at radius 1 is 0.897 bits per heavy atom. The van der Waals surface area contributed by atoms with Gasteiger partial charge in [0.15, 0.2) is 0 Å². The summed E-state index contributed by atoms with van der Waals surface area (Å²) in [4.78, 5) is 0. The van der Waals surface area contributed by atoms with Gasteiger partial charge in [-0.3, -0.25) is 0 Å². The molecule has 6 rings (SSSR count). The lowest BCUT2D eigenvalue weighted by atomic mass is 9.75. The van der Waals surface area contributed by atoms with Crippen molar-refractivity contribution in [3.63, 3.8) is 0 Å². The van der Waals surface area contributed by atoms with E-state index in [1.807, 2.05) is 12.1 Å². The molecule has 29 heavy (non-hydrogen) atoms. The molecule has 0 radical (unpaired) electrons. The van der Waals surface area contributed by atoms with E-state index in [4.69, 9.17) is 9.47 Å². The number of fused-ring (bicyclic) bond motifs is 3.